The van der Waals surface area contributed by atoms with Crippen LogP contribution in [0.3, 0.4) is 0 Å². The quantitative estimate of drug-likeness (QED) is 0.147. The Balaban J connectivity index is 1.32. The molecule has 0 N–H and O–H groups in total. The first-order valence-corrected chi connectivity index (χ1v) is 14.4. The topological polar surface area (TPSA) is 27.7 Å². The van der Waals surface area contributed by atoms with E-state index in [1.165, 1.54) is 69.2 Å². The van der Waals surface area contributed by atoms with E-state index in [1.54, 1.807) is 30.3 Å². The molecule has 6 heteroatoms. The lowest BCUT2D eigenvalue weighted by molar-refractivity contribution is -0.206. The van der Waals surface area contributed by atoms with Crippen LogP contribution in [0.4, 0.5) is 13.2 Å². The van der Waals surface area contributed by atoms with Crippen LogP contribution in [-0.4, -0.2) is 19.8 Å². The van der Waals surface area contributed by atoms with Crippen LogP contribution in [0.25, 0.3) is 22.3 Å². The summed E-state index contributed by atoms with van der Waals surface area (Å²) in [6, 6.07) is 14.5. The number of unbranched alkanes of at least 4 members (excludes halogenated alkanes) is 6. The highest BCUT2D eigenvalue weighted by Crippen LogP contribution is 2.34. The molecule has 1 saturated heterocycles. The Labute approximate surface area is 236 Å². The minimum absolute atomic E-state index is 0.0770. The summed E-state index contributed by atoms with van der Waals surface area (Å²) in [6.07, 6.45) is 10.9. The molecule has 1 fully saturated rings. The van der Waals surface area contributed by atoms with Gasteiger partial charge in [-0.25, -0.2) is 8.78 Å². The molecule has 3 aromatic carbocycles. The molecule has 0 amide bonds. The highest BCUT2D eigenvalue weighted by atomic mass is 19.2. The number of ether oxygens (including phenoxy) is 3. The Bertz CT molecular complexity index is 1230. The molecule has 1 aliphatic rings. The van der Waals surface area contributed by atoms with Crippen molar-refractivity contribution in [2.45, 2.75) is 64.6 Å². The predicted molar refractivity (Wildman–Crippen MR) is 154 cm³/mol. The van der Waals surface area contributed by atoms with Gasteiger partial charge in [-0.3, -0.25) is 0 Å². The first-order chi connectivity index (χ1) is 19.5. The standard InChI is InChI=1S/C34H39F3O3/c1-3-5-6-7-8-9-10-11-24-22-39-34(40-23-24)27-16-17-28(30(35)21-27)25-12-14-26(15-13-25)29-18-19-31(38-20-4-2)33(37)32(29)36/h4,12-19,21,24,34H,2-3,5-11,20,22-23H2,1H3. The zero-order valence-electron chi connectivity index (χ0n) is 23.3. The third-order valence-electron chi connectivity index (χ3n) is 7.36. The van der Waals surface area contributed by atoms with Crippen molar-refractivity contribution in [1.82, 2.24) is 0 Å². The van der Waals surface area contributed by atoms with E-state index >= 15 is 4.39 Å². The first-order valence-electron chi connectivity index (χ1n) is 14.4. The van der Waals surface area contributed by atoms with Crippen molar-refractivity contribution in [2.24, 2.45) is 5.92 Å². The predicted octanol–water partition coefficient (Wildman–Crippen LogP) is 9.80. The van der Waals surface area contributed by atoms with Crippen molar-refractivity contribution >= 4 is 0 Å². The number of rotatable bonds is 14. The van der Waals surface area contributed by atoms with E-state index in [2.05, 4.69) is 13.5 Å². The second-order valence-corrected chi connectivity index (χ2v) is 10.4. The van der Waals surface area contributed by atoms with Gasteiger partial charge in [0.2, 0.25) is 5.82 Å². The van der Waals surface area contributed by atoms with E-state index in [4.69, 9.17) is 14.2 Å². The molecule has 0 radical (unpaired) electrons. The summed E-state index contributed by atoms with van der Waals surface area (Å²) >= 11 is 0. The molecular weight excluding hydrogens is 513 g/mol. The summed E-state index contributed by atoms with van der Waals surface area (Å²) in [7, 11) is 0. The SMILES string of the molecule is C=CCOc1ccc(-c2ccc(-c3ccc(C4OCC(CCCCCCCCC)CO4)cc3F)cc2)c(F)c1F. The highest BCUT2D eigenvalue weighted by molar-refractivity contribution is 5.71. The van der Waals surface area contributed by atoms with Gasteiger partial charge in [-0.1, -0.05) is 101 Å². The second kappa shape index (κ2) is 15.1. The lowest BCUT2D eigenvalue weighted by Gasteiger charge is -2.29. The van der Waals surface area contributed by atoms with Gasteiger partial charge >= 0.3 is 0 Å². The van der Waals surface area contributed by atoms with E-state index in [-0.39, 0.29) is 17.9 Å². The second-order valence-electron chi connectivity index (χ2n) is 10.4. The average molecular weight is 553 g/mol. The normalized spacial score (nSPS) is 17.1. The molecule has 0 bridgehead atoms. The Hall–Kier alpha value is -3.09. The van der Waals surface area contributed by atoms with Crippen LogP contribution >= 0.6 is 0 Å². The fraction of sp³-hybridized carbons (Fsp3) is 0.412. The van der Waals surface area contributed by atoms with Gasteiger partial charge in [0.05, 0.1) is 13.2 Å². The molecule has 214 valence electrons. The van der Waals surface area contributed by atoms with Gasteiger partial charge in [-0.15, -0.1) is 0 Å². The van der Waals surface area contributed by atoms with E-state index in [0.717, 1.165) is 6.42 Å². The van der Waals surface area contributed by atoms with Crippen molar-refractivity contribution < 1.29 is 27.4 Å². The molecule has 3 nitrogen and oxygen atoms in total. The number of hydrogen-bond acceptors (Lipinski definition) is 3. The molecule has 3 aromatic rings. The zero-order chi connectivity index (χ0) is 28.3. The monoisotopic (exact) mass is 552 g/mol. The summed E-state index contributed by atoms with van der Waals surface area (Å²) in [6.45, 7) is 7.04. The molecule has 4 rings (SSSR count). The molecule has 1 aliphatic heterocycles. The van der Waals surface area contributed by atoms with Crippen molar-refractivity contribution in [2.75, 3.05) is 19.8 Å². The molecular formula is C34H39F3O3. The highest BCUT2D eigenvalue weighted by Gasteiger charge is 2.24. The third kappa shape index (κ3) is 7.76. The molecule has 0 aromatic heterocycles. The molecule has 0 saturated carbocycles. The lowest BCUT2D eigenvalue weighted by Crippen LogP contribution is -2.27. The fourth-order valence-corrected chi connectivity index (χ4v) is 5.05. The Kier molecular flexibility index (Phi) is 11.2. The van der Waals surface area contributed by atoms with Crippen molar-refractivity contribution in [1.29, 1.82) is 0 Å². The molecule has 1 heterocycles. The van der Waals surface area contributed by atoms with Crippen LogP contribution in [0, 0.1) is 23.4 Å². The minimum Gasteiger partial charge on any atom is -0.486 e. The Morgan fingerprint density at radius 1 is 0.800 bits per heavy atom. The van der Waals surface area contributed by atoms with Crippen molar-refractivity contribution in [3.63, 3.8) is 0 Å². The van der Waals surface area contributed by atoms with Crippen LogP contribution in [0.1, 0.15) is 70.1 Å². The van der Waals surface area contributed by atoms with Gasteiger partial charge in [0.25, 0.3) is 0 Å². The van der Waals surface area contributed by atoms with Crippen LogP contribution < -0.4 is 4.74 Å². The average Bonchev–Trinajstić information content (AvgIpc) is 2.98. The van der Waals surface area contributed by atoms with Crippen LogP contribution in [-0.2, 0) is 9.47 Å². The van der Waals surface area contributed by atoms with E-state index in [9.17, 15) is 8.78 Å². The molecule has 0 unspecified atom stereocenters. The summed E-state index contributed by atoms with van der Waals surface area (Å²) in [5.41, 5.74) is 2.25. The van der Waals surface area contributed by atoms with Gasteiger partial charge in [0.15, 0.2) is 17.9 Å². The summed E-state index contributed by atoms with van der Waals surface area (Å²) < 4.78 is 61.2. The summed E-state index contributed by atoms with van der Waals surface area (Å²) in [4.78, 5) is 0. The Morgan fingerprint density at radius 3 is 2.08 bits per heavy atom. The van der Waals surface area contributed by atoms with Crippen LogP contribution in [0.2, 0.25) is 0 Å². The molecule has 40 heavy (non-hydrogen) atoms. The maximum absolute atomic E-state index is 15.1. The maximum atomic E-state index is 15.1. The van der Waals surface area contributed by atoms with E-state index in [0.29, 0.717) is 41.4 Å². The van der Waals surface area contributed by atoms with Crippen molar-refractivity contribution in [3.05, 3.63) is 90.3 Å². The molecule has 0 aliphatic carbocycles. The zero-order valence-corrected chi connectivity index (χ0v) is 23.3. The number of benzene rings is 3. The third-order valence-corrected chi connectivity index (χ3v) is 7.36. The van der Waals surface area contributed by atoms with Crippen LogP contribution in [0.5, 0.6) is 5.75 Å². The lowest BCUT2D eigenvalue weighted by atomic mass is 9.98. The summed E-state index contributed by atoms with van der Waals surface area (Å²) in [5.74, 6) is -2.25. The number of halogens is 3. The Morgan fingerprint density at radius 2 is 1.43 bits per heavy atom. The van der Waals surface area contributed by atoms with Gasteiger partial charge in [0, 0.05) is 22.6 Å². The van der Waals surface area contributed by atoms with Gasteiger partial charge < -0.3 is 14.2 Å². The number of hydrogen-bond donors (Lipinski definition) is 0. The van der Waals surface area contributed by atoms with E-state index < -0.39 is 23.7 Å². The molecule has 0 spiro atoms. The smallest absolute Gasteiger partial charge is 0.201 e. The minimum atomic E-state index is -1.05. The molecule has 0 atom stereocenters. The van der Waals surface area contributed by atoms with Gasteiger partial charge in [-0.2, -0.15) is 4.39 Å². The van der Waals surface area contributed by atoms with Gasteiger partial charge in [0.1, 0.15) is 12.4 Å². The van der Waals surface area contributed by atoms with E-state index in [1.807, 2.05) is 6.07 Å². The largest absolute Gasteiger partial charge is 0.486 e. The fourth-order valence-electron chi connectivity index (χ4n) is 5.05. The first kappa shape index (κ1) is 29.9. The summed E-state index contributed by atoms with van der Waals surface area (Å²) in [5, 5.41) is 0. The van der Waals surface area contributed by atoms with Crippen LogP contribution in [0.15, 0.2) is 67.3 Å². The van der Waals surface area contributed by atoms with Gasteiger partial charge in [-0.05, 0) is 35.7 Å². The maximum Gasteiger partial charge on any atom is 0.201 e. The van der Waals surface area contributed by atoms with Crippen molar-refractivity contribution in [3.8, 4) is 28.0 Å².